The van der Waals surface area contributed by atoms with Crippen molar-refractivity contribution in [1.82, 2.24) is 9.55 Å². The van der Waals surface area contributed by atoms with E-state index in [0.29, 0.717) is 0 Å². The molecule has 2 heterocycles. The van der Waals surface area contributed by atoms with Crippen molar-refractivity contribution in [1.29, 1.82) is 0 Å². The van der Waals surface area contributed by atoms with Crippen LogP contribution in [0, 0.1) is 12.7 Å². The first-order valence-corrected chi connectivity index (χ1v) is 8.99. The molecule has 126 valence electrons. The number of nitrogens with one attached hydrogen (secondary N) is 1. The molecule has 3 nitrogen and oxygen atoms in total. The molecule has 0 fully saturated rings. The zero-order chi connectivity index (χ0) is 17.4. The van der Waals surface area contributed by atoms with Gasteiger partial charge < -0.3 is 9.88 Å². The highest BCUT2D eigenvalue weighted by Crippen LogP contribution is 2.35. The zero-order valence-corrected chi connectivity index (χ0v) is 14.9. The average molecular weight is 351 g/mol. The third-order valence-corrected chi connectivity index (χ3v) is 5.30. The Kier molecular flexibility index (Phi) is 4.01. The molecule has 0 atom stereocenters. The Bertz CT molecular complexity index is 1030. The van der Waals surface area contributed by atoms with Crippen LogP contribution in [0.5, 0.6) is 0 Å². The molecular weight excluding hydrogens is 333 g/mol. The van der Waals surface area contributed by atoms with E-state index in [-0.39, 0.29) is 5.82 Å². The van der Waals surface area contributed by atoms with Crippen molar-refractivity contribution in [3.05, 3.63) is 71.0 Å². The minimum Gasteiger partial charge on any atom is -0.357 e. The van der Waals surface area contributed by atoms with Crippen LogP contribution in [0.25, 0.3) is 22.2 Å². The van der Waals surface area contributed by atoms with Gasteiger partial charge in [-0.2, -0.15) is 0 Å². The third kappa shape index (κ3) is 2.91. The zero-order valence-electron chi connectivity index (χ0n) is 14.1. The van der Waals surface area contributed by atoms with Crippen molar-refractivity contribution in [2.24, 2.45) is 7.05 Å². The van der Waals surface area contributed by atoms with Crippen molar-refractivity contribution >= 4 is 27.4 Å². The van der Waals surface area contributed by atoms with Crippen LogP contribution in [0.3, 0.4) is 0 Å². The van der Waals surface area contributed by atoms with Crippen LogP contribution in [0.4, 0.5) is 9.52 Å². The van der Waals surface area contributed by atoms with Crippen molar-refractivity contribution in [2.75, 3.05) is 5.32 Å². The molecule has 0 radical (unpaired) electrons. The highest BCUT2D eigenvalue weighted by molar-refractivity contribution is 7.14. The van der Waals surface area contributed by atoms with Gasteiger partial charge in [0.05, 0.1) is 5.69 Å². The van der Waals surface area contributed by atoms with Gasteiger partial charge in [0.15, 0.2) is 5.13 Å². The molecule has 0 saturated carbocycles. The van der Waals surface area contributed by atoms with Gasteiger partial charge in [-0.25, -0.2) is 9.37 Å². The van der Waals surface area contributed by atoms with Gasteiger partial charge in [-0.3, -0.25) is 0 Å². The van der Waals surface area contributed by atoms with Crippen LogP contribution in [0.15, 0.2) is 53.9 Å². The van der Waals surface area contributed by atoms with E-state index in [4.69, 9.17) is 4.98 Å². The Morgan fingerprint density at radius 1 is 1.16 bits per heavy atom. The summed E-state index contributed by atoms with van der Waals surface area (Å²) in [7, 11) is 2.00. The second-order valence-corrected chi connectivity index (χ2v) is 6.92. The largest absolute Gasteiger partial charge is 0.357 e. The summed E-state index contributed by atoms with van der Waals surface area (Å²) in [6.45, 7) is 2.78. The second-order valence-electron chi connectivity index (χ2n) is 6.06. The van der Waals surface area contributed by atoms with Crippen molar-refractivity contribution < 1.29 is 4.39 Å². The number of anilines is 1. The molecule has 0 aliphatic rings. The van der Waals surface area contributed by atoms with E-state index in [9.17, 15) is 4.39 Å². The monoisotopic (exact) mass is 351 g/mol. The van der Waals surface area contributed by atoms with Gasteiger partial charge in [0.2, 0.25) is 0 Å². The van der Waals surface area contributed by atoms with Crippen molar-refractivity contribution in [3.63, 3.8) is 0 Å². The lowest BCUT2D eigenvalue weighted by Gasteiger charge is -2.02. The molecule has 2 aromatic carbocycles. The quantitative estimate of drug-likeness (QED) is 0.536. The SMILES string of the molecule is Cc1c(-c2csc(NCc3ccccc3)n2)c2cc(F)ccc2n1C. The summed E-state index contributed by atoms with van der Waals surface area (Å²) in [5.74, 6) is -0.225. The van der Waals surface area contributed by atoms with Crippen molar-refractivity contribution in [2.45, 2.75) is 13.5 Å². The van der Waals surface area contributed by atoms with Gasteiger partial charge in [0.1, 0.15) is 5.82 Å². The molecule has 0 bridgehead atoms. The molecule has 0 spiro atoms. The first-order valence-electron chi connectivity index (χ1n) is 8.11. The van der Waals surface area contributed by atoms with E-state index < -0.39 is 0 Å². The van der Waals surface area contributed by atoms with Crippen LogP contribution in [-0.2, 0) is 13.6 Å². The Morgan fingerprint density at radius 2 is 1.96 bits per heavy atom. The molecule has 2 aromatic heterocycles. The number of halogens is 1. The lowest BCUT2D eigenvalue weighted by molar-refractivity contribution is 0.629. The highest BCUT2D eigenvalue weighted by atomic mass is 32.1. The Morgan fingerprint density at radius 3 is 2.76 bits per heavy atom. The number of fused-ring (bicyclic) bond motifs is 1. The fourth-order valence-electron chi connectivity index (χ4n) is 3.11. The van der Waals surface area contributed by atoms with Gasteiger partial charge in [0, 0.05) is 41.1 Å². The van der Waals surface area contributed by atoms with Crippen molar-refractivity contribution in [3.8, 4) is 11.3 Å². The maximum Gasteiger partial charge on any atom is 0.183 e. The molecular formula is C20H18FN3S. The number of aromatic nitrogens is 2. The molecule has 5 heteroatoms. The minimum absolute atomic E-state index is 0.225. The lowest BCUT2D eigenvalue weighted by atomic mass is 10.1. The number of hydrogen-bond acceptors (Lipinski definition) is 3. The van der Waals surface area contributed by atoms with Gasteiger partial charge >= 0.3 is 0 Å². The van der Waals surface area contributed by atoms with E-state index >= 15 is 0 Å². The van der Waals surface area contributed by atoms with Gasteiger partial charge in [0.25, 0.3) is 0 Å². The van der Waals surface area contributed by atoms with E-state index in [1.165, 1.54) is 11.6 Å². The second kappa shape index (κ2) is 6.33. The van der Waals surface area contributed by atoms with Gasteiger partial charge in [-0.1, -0.05) is 30.3 Å². The van der Waals surface area contributed by atoms with Crippen LogP contribution < -0.4 is 5.32 Å². The molecule has 4 aromatic rings. The van der Waals surface area contributed by atoms with Gasteiger partial charge in [-0.05, 0) is 30.7 Å². The van der Waals surface area contributed by atoms with Crippen LogP contribution in [-0.4, -0.2) is 9.55 Å². The first-order chi connectivity index (χ1) is 12.1. The maximum atomic E-state index is 13.7. The summed E-state index contributed by atoms with van der Waals surface area (Å²) in [5.41, 5.74) is 5.19. The van der Waals surface area contributed by atoms with E-state index in [1.54, 1.807) is 17.4 Å². The number of hydrogen-bond donors (Lipinski definition) is 1. The molecule has 4 rings (SSSR count). The first kappa shape index (κ1) is 15.8. The Labute approximate surface area is 149 Å². The number of thiazole rings is 1. The third-order valence-electron chi connectivity index (χ3n) is 4.50. The summed E-state index contributed by atoms with van der Waals surface area (Å²) in [5, 5.41) is 7.16. The standard InChI is InChI=1S/C20H18FN3S/c1-13-19(16-10-15(21)8-9-18(16)24(13)2)17-12-25-20(23-17)22-11-14-6-4-3-5-7-14/h3-10,12H,11H2,1-2H3,(H,22,23). The smallest absolute Gasteiger partial charge is 0.183 e. The summed E-state index contributed by atoms with van der Waals surface area (Å²) >= 11 is 1.57. The topological polar surface area (TPSA) is 29.9 Å². The summed E-state index contributed by atoms with van der Waals surface area (Å²) in [6.07, 6.45) is 0. The highest BCUT2D eigenvalue weighted by Gasteiger charge is 2.16. The van der Waals surface area contributed by atoms with E-state index in [1.807, 2.05) is 43.6 Å². The minimum atomic E-state index is -0.225. The fraction of sp³-hybridized carbons (Fsp3) is 0.150. The molecule has 0 saturated heterocycles. The number of rotatable bonds is 4. The summed E-state index contributed by atoms with van der Waals surface area (Å²) in [6, 6.07) is 15.1. The molecule has 0 aliphatic carbocycles. The van der Waals surface area contributed by atoms with E-state index in [2.05, 4.69) is 22.0 Å². The predicted octanol–water partition coefficient (Wildman–Crippen LogP) is 5.36. The number of benzene rings is 2. The van der Waals surface area contributed by atoms with Gasteiger partial charge in [-0.15, -0.1) is 11.3 Å². The lowest BCUT2D eigenvalue weighted by Crippen LogP contribution is -1.98. The fourth-order valence-corrected chi connectivity index (χ4v) is 3.81. The Hall–Kier alpha value is -2.66. The normalized spacial score (nSPS) is 11.2. The predicted molar refractivity (Wildman–Crippen MR) is 102 cm³/mol. The summed E-state index contributed by atoms with van der Waals surface area (Å²) < 4.78 is 15.8. The average Bonchev–Trinajstić information content (AvgIpc) is 3.17. The number of aryl methyl sites for hydroxylation is 1. The molecule has 0 aliphatic heterocycles. The molecule has 0 amide bonds. The molecule has 0 unspecified atom stereocenters. The Balaban J connectivity index is 1.67. The van der Waals surface area contributed by atoms with Crippen LogP contribution in [0.2, 0.25) is 0 Å². The molecule has 25 heavy (non-hydrogen) atoms. The summed E-state index contributed by atoms with van der Waals surface area (Å²) in [4.78, 5) is 4.72. The maximum absolute atomic E-state index is 13.7. The molecule has 1 N–H and O–H groups in total. The van der Waals surface area contributed by atoms with E-state index in [0.717, 1.165) is 39.5 Å². The van der Waals surface area contributed by atoms with Crippen LogP contribution >= 0.6 is 11.3 Å². The number of nitrogens with zero attached hydrogens (tertiary/aromatic N) is 2. The van der Waals surface area contributed by atoms with Crippen LogP contribution in [0.1, 0.15) is 11.3 Å².